The first kappa shape index (κ1) is 25.1. The van der Waals surface area contributed by atoms with E-state index in [1.807, 2.05) is 13.8 Å². The third-order valence-corrected chi connectivity index (χ3v) is 4.51. The number of nitrogens with zero attached hydrogens (tertiary/aromatic N) is 2. The number of carbonyl (C=O) groups excluding carboxylic acids is 4. The Labute approximate surface area is 188 Å². The lowest BCUT2D eigenvalue weighted by Crippen LogP contribution is -2.52. The Morgan fingerprint density at radius 1 is 1.28 bits per heavy atom. The Bertz CT molecular complexity index is 821. The van der Waals surface area contributed by atoms with Gasteiger partial charge in [-0.3, -0.25) is 19.5 Å². The number of likely N-dealkylation sites (tertiary alicyclic amines) is 1. The van der Waals surface area contributed by atoms with Crippen LogP contribution in [0.3, 0.4) is 0 Å². The van der Waals surface area contributed by atoms with Gasteiger partial charge in [0.2, 0.25) is 5.91 Å². The maximum Gasteiger partial charge on any atom is 0.410 e. The van der Waals surface area contributed by atoms with Crippen LogP contribution in [-0.4, -0.2) is 64.5 Å². The van der Waals surface area contributed by atoms with E-state index in [-0.39, 0.29) is 31.4 Å². The lowest BCUT2D eigenvalue weighted by atomic mass is 10.0. The number of aromatic nitrogens is 1. The highest BCUT2D eigenvalue weighted by molar-refractivity contribution is 5.96. The molecule has 1 aliphatic heterocycles. The molecule has 2 rings (SSSR count). The van der Waals surface area contributed by atoms with Crippen LogP contribution in [0.2, 0.25) is 0 Å². The minimum absolute atomic E-state index is 0.0132. The number of alkyl carbamates (subject to hydrolysis) is 1. The smallest absolute Gasteiger partial charge is 0.410 e. The van der Waals surface area contributed by atoms with E-state index in [0.717, 1.165) is 0 Å². The number of pyridine rings is 1. The van der Waals surface area contributed by atoms with Crippen molar-refractivity contribution in [3.05, 3.63) is 30.1 Å². The number of nitrogens with one attached hydrogen (secondary N) is 2. The van der Waals surface area contributed by atoms with E-state index in [0.29, 0.717) is 12.0 Å². The summed E-state index contributed by atoms with van der Waals surface area (Å²) in [6.45, 7) is 8.91. The summed E-state index contributed by atoms with van der Waals surface area (Å²) in [4.78, 5) is 54.8. The van der Waals surface area contributed by atoms with Crippen LogP contribution in [0.4, 0.5) is 9.59 Å². The predicted octanol–water partition coefficient (Wildman–Crippen LogP) is 2.03. The molecule has 32 heavy (non-hydrogen) atoms. The predicted molar refractivity (Wildman–Crippen MR) is 116 cm³/mol. The molecule has 0 radical (unpaired) electrons. The van der Waals surface area contributed by atoms with Gasteiger partial charge in [0.05, 0.1) is 13.1 Å². The minimum Gasteiger partial charge on any atom is -0.445 e. The maximum atomic E-state index is 12.8. The zero-order valence-electron chi connectivity index (χ0n) is 19.2. The van der Waals surface area contributed by atoms with Crippen molar-refractivity contribution in [3.8, 4) is 0 Å². The quantitative estimate of drug-likeness (QED) is 0.653. The van der Waals surface area contributed by atoms with Crippen molar-refractivity contribution >= 4 is 23.9 Å². The van der Waals surface area contributed by atoms with Crippen LogP contribution in [0, 0.1) is 5.92 Å². The van der Waals surface area contributed by atoms with Gasteiger partial charge in [-0.2, -0.15) is 0 Å². The van der Waals surface area contributed by atoms with E-state index < -0.39 is 35.8 Å². The monoisotopic (exact) mass is 448 g/mol. The summed E-state index contributed by atoms with van der Waals surface area (Å²) in [5.41, 5.74) is 0.0236. The Balaban J connectivity index is 1.93. The van der Waals surface area contributed by atoms with E-state index in [4.69, 9.17) is 9.47 Å². The molecule has 10 nitrogen and oxygen atoms in total. The Morgan fingerprint density at radius 3 is 2.59 bits per heavy atom. The van der Waals surface area contributed by atoms with Gasteiger partial charge < -0.3 is 20.1 Å². The highest BCUT2D eigenvalue weighted by Crippen LogP contribution is 2.14. The average molecular weight is 449 g/mol. The van der Waals surface area contributed by atoms with Gasteiger partial charge in [0.25, 0.3) is 0 Å². The fraction of sp³-hybridized carbons (Fsp3) is 0.591. The molecule has 0 spiro atoms. The number of ether oxygens (including phenoxy) is 2. The molecule has 1 aliphatic rings. The molecular formula is C22H32N4O6. The average Bonchev–Trinajstić information content (AvgIpc) is 3.05. The second-order valence-corrected chi connectivity index (χ2v) is 9.15. The van der Waals surface area contributed by atoms with Gasteiger partial charge >= 0.3 is 12.2 Å². The van der Waals surface area contributed by atoms with Crippen molar-refractivity contribution in [2.75, 3.05) is 13.1 Å². The summed E-state index contributed by atoms with van der Waals surface area (Å²) in [6, 6.07) is 1.74. The van der Waals surface area contributed by atoms with Gasteiger partial charge in [-0.05, 0) is 39.2 Å². The van der Waals surface area contributed by atoms with E-state index in [2.05, 4.69) is 15.6 Å². The van der Waals surface area contributed by atoms with Gasteiger partial charge in [-0.15, -0.1) is 0 Å². The molecule has 2 heterocycles. The minimum atomic E-state index is -0.889. The molecule has 1 saturated heterocycles. The van der Waals surface area contributed by atoms with E-state index in [9.17, 15) is 19.2 Å². The molecule has 1 fully saturated rings. The lowest BCUT2D eigenvalue weighted by Gasteiger charge is -2.24. The molecule has 0 aliphatic carbocycles. The molecule has 2 atom stereocenters. The van der Waals surface area contributed by atoms with Crippen LogP contribution >= 0.6 is 0 Å². The number of amides is 3. The number of rotatable bonds is 7. The standard InChI is InChI=1S/C22H32N4O6/c1-14(2)9-16(25-20(29)31-13-15-7-6-8-23-10-15)19(28)24-17-11-26(12-18(17)27)21(30)32-22(3,4)5/h6-8,10,14,16-17H,9,11-13H2,1-5H3,(H,24,28)(H,25,29)/t16-,17?/m0/s1. The third-order valence-electron chi connectivity index (χ3n) is 4.51. The van der Waals surface area contributed by atoms with Crippen LogP contribution in [0.25, 0.3) is 0 Å². The molecule has 2 N–H and O–H groups in total. The molecule has 1 aromatic heterocycles. The van der Waals surface area contributed by atoms with Gasteiger partial charge in [0.15, 0.2) is 5.78 Å². The molecule has 1 aromatic rings. The zero-order chi connectivity index (χ0) is 23.9. The summed E-state index contributed by atoms with van der Waals surface area (Å²) in [7, 11) is 0. The maximum absolute atomic E-state index is 12.8. The first-order valence-electron chi connectivity index (χ1n) is 10.6. The van der Waals surface area contributed by atoms with Crippen LogP contribution in [-0.2, 0) is 25.7 Å². The third kappa shape index (κ3) is 8.16. The van der Waals surface area contributed by atoms with Crippen LogP contribution < -0.4 is 10.6 Å². The van der Waals surface area contributed by atoms with Gasteiger partial charge in [-0.1, -0.05) is 19.9 Å². The Morgan fingerprint density at radius 2 is 2.00 bits per heavy atom. The zero-order valence-corrected chi connectivity index (χ0v) is 19.2. The molecule has 176 valence electrons. The molecule has 10 heteroatoms. The van der Waals surface area contributed by atoms with Gasteiger partial charge in [0, 0.05) is 18.0 Å². The Hall–Kier alpha value is -3.17. The normalized spacial score (nSPS) is 17.1. The van der Waals surface area contributed by atoms with Crippen LogP contribution in [0.5, 0.6) is 0 Å². The topological polar surface area (TPSA) is 127 Å². The van der Waals surface area contributed by atoms with Gasteiger partial charge in [0.1, 0.15) is 24.3 Å². The number of carbonyl (C=O) groups is 4. The fourth-order valence-corrected chi connectivity index (χ4v) is 3.07. The highest BCUT2D eigenvalue weighted by atomic mass is 16.6. The molecular weight excluding hydrogens is 416 g/mol. The summed E-state index contributed by atoms with van der Waals surface area (Å²) in [5.74, 6) is -0.713. The van der Waals surface area contributed by atoms with Crippen molar-refractivity contribution in [1.29, 1.82) is 0 Å². The second kappa shape index (κ2) is 10.9. The number of hydrogen-bond donors (Lipinski definition) is 2. The first-order chi connectivity index (χ1) is 14.9. The first-order valence-corrected chi connectivity index (χ1v) is 10.6. The van der Waals surface area contributed by atoms with Crippen LogP contribution in [0.1, 0.15) is 46.6 Å². The summed E-state index contributed by atoms with van der Waals surface area (Å²) in [5, 5.41) is 5.20. The van der Waals surface area contributed by atoms with E-state index in [1.54, 1.807) is 45.3 Å². The second-order valence-electron chi connectivity index (χ2n) is 9.15. The number of ketones is 1. The van der Waals surface area contributed by atoms with Gasteiger partial charge in [-0.25, -0.2) is 9.59 Å². The molecule has 3 amide bonds. The number of hydrogen-bond acceptors (Lipinski definition) is 7. The summed E-state index contributed by atoms with van der Waals surface area (Å²) in [6.07, 6.45) is 2.18. The van der Waals surface area contributed by atoms with Crippen molar-refractivity contribution < 1.29 is 28.7 Å². The van der Waals surface area contributed by atoms with Crippen molar-refractivity contribution in [3.63, 3.8) is 0 Å². The molecule has 0 bridgehead atoms. The lowest BCUT2D eigenvalue weighted by molar-refractivity contribution is -0.127. The summed E-state index contributed by atoms with van der Waals surface area (Å²) >= 11 is 0. The Kier molecular flexibility index (Phi) is 8.56. The van der Waals surface area contributed by atoms with Crippen molar-refractivity contribution in [1.82, 2.24) is 20.5 Å². The SMILES string of the molecule is CC(C)C[C@H](NC(=O)OCc1cccnc1)C(=O)NC1CN(C(=O)OC(C)(C)C)CC1=O. The summed E-state index contributed by atoms with van der Waals surface area (Å²) < 4.78 is 10.5. The van der Waals surface area contributed by atoms with E-state index >= 15 is 0 Å². The fourth-order valence-electron chi connectivity index (χ4n) is 3.07. The largest absolute Gasteiger partial charge is 0.445 e. The van der Waals surface area contributed by atoms with E-state index in [1.165, 1.54) is 4.90 Å². The van der Waals surface area contributed by atoms with Crippen molar-refractivity contribution in [2.45, 2.75) is 65.3 Å². The molecule has 0 aromatic carbocycles. The van der Waals surface area contributed by atoms with Crippen LogP contribution in [0.15, 0.2) is 24.5 Å². The molecule has 1 unspecified atom stereocenters. The molecule has 0 saturated carbocycles. The highest BCUT2D eigenvalue weighted by Gasteiger charge is 2.38. The van der Waals surface area contributed by atoms with Crippen molar-refractivity contribution in [2.24, 2.45) is 5.92 Å². The number of Topliss-reactive ketones (excluding diaryl/α,β-unsaturated/α-hetero) is 1.